The highest BCUT2D eigenvalue weighted by Crippen LogP contribution is 2.16. The van der Waals surface area contributed by atoms with Crippen molar-refractivity contribution in [2.75, 3.05) is 46.3 Å². The highest BCUT2D eigenvalue weighted by Gasteiger charge is 2.30. The third-order valence-electron chi connectivity index (χ3n) is 3.71. The molecule has 0 bridgehead atoms. The minimum absolute atomic E-state index is 0.0335. The summed E-state index contributed by atoms with van der Waals surface area (Å²) in [5, 5.41) is 0. The third-order valence-corrected chi connectivity index (χ3v) is 3.71. The first-order chi connectivity index (χ1) is 7.92. The Morgan fingerprint density at radius 2 is 1.82 bits per heavy atom. The Bertz CT molecular complexity index is 259. The fourth-order valence-electron chi connectivity index (χ4n) is 2.01. The fraction of sp³-hybridized carbons (Fsp3) is 0.917. The first-order valence-electron chi connectivity index (χ1n) is 6.37. The van der Waals surface area contributed by atoms with E-state index in [1.165, 1.54) is 0 Å². The number of hydrogen-bond acceptors (Lipinski definition) is 3. The van der Waals surface area contributed by atoms with Crippen molar-refractivity contribution in [2.45, 2.75) is 26.3 Å². The van der Waals surface area contributed by atoms with Crippen LogP contribution in [0.15, 0.2) is 0 Å². The summed E-state index contributed by atoms with van der Waals surface area (Å²) in [6, 6.07) is 0.137. The highest BCUT2D eigenvalue weighted by atomic mass is 16.2. The minimum Gasteiger partial charge on any atom is -0.329 e. The van der Waals surface area contributed by atoms with E-state index in [1.807, 2.05) is 18.9 Å². The molecule has 5 heteroatoms. The number of hydrogen-bond donors (Lipinski definition) is 1. The van der Waals surface area contributed by atoms with Gasteiger partial charge in [0, 0.05) is 51.9 Å². The number of carbonyl (C=O) groups is 1. The van der Waals surface area contributed by atoms with Crippen LogP contribution in [0.4, 0.5) is 4.79 Å². The zero-order valence-corrected chi connectivity index (χ0v) is 11.6. The van der Waals surface area contributed by atoms with Gasteiger partial charge < -0.3 is 15.5 Å². The summed E-state index contributed by atoms with van der Waals surface area (Å²) in [6.07, 6.45) is 0. The zero-order chi connectivity index (χ0) is 13.1. The predicted octanol–water partition coefficient (Wildman–Crippen LogP) is 0.413. The molecule has 1 fully saturated rings. The van der Waals surface area contributed by atoms with Gasteiger partial charge in [0.25, 0.3) is 0 Å². The highest BCUT2D eigenvalue weighted by molar-refractivity contribution is 5.74. The Morgan fingerprint density at radius 3 is 2.24 bits per heavy atom. The van der Waals surface area contributed by atoms with E-state index in [2.05, 4.69) is 18.7 Å². The van der Waals surface area contributed by atoms with Crippen molar-refractivity contribution in [1.29, 1.82) is 0 Å². The Hall–Kier alpha value is -0.810. The van der Waals surface area contributed by atoms with Crippen molar-refractivity contribution in [3.63, 3.8) is 0 Å². The lowest BCUT2D eigenvalue weighted by atomic mass is 10.0. The molecule has 100 valence electrons. The van der Waals surface area contributed by atoms with E-state index in [9.17, 15) is 4.79 Å². The largest absolute Gasteiger partial charge is 0.329 e. The van der Waals surface area contributed by atoms with Gasteiger partial charge in [-0.2, -0.15) is 0 Å². The number of nitrogens with two attached hydrogens (primary N) is 1. The normalized spacial score (nSPS) is 18.3. The topological polar surface area (TPSA) is 52.8 Å². The molecule has 0 atom stereocenters. The Balaban J connectivity index is 2.49. The maximum absolute atomic E-state index is 12.0. The molecular weight excluding hydrogens is 216 g/mol. The maximum atomic E-state index is 12.0. The number of amides is 2. The number of nitrogens with zero attached hydrogens (tertiary/aromatic N) is 3. The molecule has 0 aliphatic carbocycles. The van der Waals surface area contributed by atoms with Crippen LogP contribution in [0.2, 0.25) is 0 Å². The van der Waals surface area contributed by atoms with E-state index in [0.29, 0.717) is 6.54 Å². The molecule has 5 nitrogen and oxygen atoms in total. The second-order valence-corrected chi connectivity index (χ2v) is 5.29. The van der Waals surface area contributed by atoms with Crippen LogP contribution < -0.4 is 5.73 Å². The molecule has 0 radical (unpaired) electrons. The van der Waals surface area contributed by atoms with Gasteiger partial charge in [0.2, 0.25) is 0 Å². The maximum Gasteiger partial charge on any atom is 0.319 e. The molecular formula is C12H26N4O. The van der Waals surface area contributed by atoms with Gasteiger partial charge in [0.1, 0.15) is 0 Å². The van der Waals surface area contributed by atoms with Gasteiger partial charge in [-0.25, -0.2) is 4.79 Å². The average molecular weight is 242 g/mol. The van der Waals surface area contributed by atoms with Crippen LogP contribution in [0, 0.1) is 0 Å². The molecule has 2 N–H and O–H groups in total. The van der Waals surface area contributed by atoms with Gasteiger partial charge in [-0.1, -0.05) is 0 Å². The number of rotatable bonds is 3. The Morgan fingerprint density at radius 1 is 1.29 bits per heavy atom. The van der Waals surface area contributed by atoms with E-state index in [1.54, 1.807) is 4.90 Å². The van der Waals surface area contributed by atoms with E-state index < -0.39 is 0 Å². The number of urea groups is 1. The van der Waals surface area contributed by atoms with E-state index in [4.69, 9.17) is 5.73 Å². The van der Waals surface area contributed by atoms with E-state index in [-0.39, 0.29) is 11.6 Å². The van der Waals surface area contributed by atoms with Gasteiger partial charge in [-0.15, -0.1) is 0 Å². The van der Waals surface area contributed by atoms with Crippen molar-refractivity contribution in [1.82, 2.24) is 14.7 Å². The van der Waals surface area contributed by atoms with Gasteiger partial charge in [-0.05, 0) is 20.8 Å². The van der Waals surface area contributed by atoms with Gasteiger partial charge in [0.15, 0.2) is 0 Å². The molecule has 0 saturated carbocycles. The van der Waals surface area contributed by atoms with Crippen LogP contribution in [0.3, 0.4) is 0 Å². The van der Waals surface area contributed by atoms with Crippen LogP contribution in [-0.4, -0.2) is 72.6 Å². The Labute approximate surface area is 105 Å². The van der Waals surface area contributed by atoms with Crippen LogP contribution in [0.5, 0.6) is 0 Å². The molecule has 0 unspecified atom stereocenters. The summed E-state index contributed by atoms with van der Waals surface area (Å²) in [6.45, 7) is 11.1. The molecule has 1 rings (SSSR count). The lowest BCUT2D eigenvalue weighted by molar-refractivity contribution is 0.0616. The predicted molar refractivity (Wildman–Crippen MR) is 70.0 cm³/mol. The second-order valence-electron chi connectivity index (χ2n) is 5.29. The van der Waals surface area contributed by atoms with Crippen LogP contribution in [0.25, 0.3) is 0 Å². The summed E-state index contributed by atoms with van der Waals surface area (Å²) in [7, 11) is 1.85. The molecule has 1 aliphatic rings. The standard InChI is InChI=1S/C12H26N4O/c1-5-14(4)11(17)15-6-8-16(9-7-15)12(2,3)10-13/h5-10,13H2,1-4H3. The summed E-state index contributed by atoms with van der Waals surface area (Å²) >= 11 is 0. The van der Waals surface area contributed by atoms with Crippen molar-refractivity contribution in [3.05, 3.63) is 0 Å². The minimum atomic E-state index is 0.0335. The monoisotopic (exact) mass is 242 g/mol. The SMILES string of the molecule is CCN(C)C(=O)N1CCN(C(C)(C)CN)CC1. The second kappa shape index (κ2) is 5.69. The first kappa shape index (κ1) is 14.3. The van der Waals surface area contributed by atoms with Crippen molar-refractivity contribution >= 4 is 6.03 Å². The fourth-order valence-corrected chi connectivity index (χ4v) is 2.01. The van der Waals surface area contributed by atoms with Gasteiger partial charge >= 0.3 is 6.03 Å². The lowest BCUT2D eigenvalue weighted by Crippen LogP contribution is -2.59. The molecule has 1 saturated heterocycles. The van der Waals surface area contributed by atoms with E-state index in [0.717, 1.165) is 32.7 Å². The number of carbonyl (C=O) groups excluding carboxylic acids is 1. The molecule has 0 aromatic carbocycles. The summed E-state index contributed by atoms with van der Waals surface area (Å²) < 4.78 is 0. The summed E-state index contributed by atoms with van der Waals surface area (Å²) in [4.78, 5) is 18.0. The first-order valence-corrected chi connectivity index (χ1v) is 6.37. The van der Waals surface area contributed by atoms with Crippen molar-refractivity contribution < 1.29 is 4.79 Å². The quantitative estimate of drug-likeness (QED) is 0.780. The molecule has 1 heterocycles. The lowest BCUT2D eigenvalue weighted by Gasteiger charge is -2.44. The van der Waals surface area contributed by atoms with Crippen LogP contribution in [0.1, 0.15) is 20.8 Å². The molecule has 17 heavy (non-hydrogen) atoms. The van der Waals surface area contributed by atoms with E-state index >= 15 is 0 Å². The van der Waals surface area contributed by atoms with Crippen molar-refractivity contribution in [3.8, 4) is 0 Å². The van der Waals surface area contributed by atoms with Crippen LogP contribution >= 0.6 is 0 Å². The smallest absolute Gasteiger partial charge is 0.319 e. The summed E-state index contributed by atoms with van der Waals surface area (Å²) in [5.41, 5.74) is 5.80. The molecule has 0 aromatic rings. The summed E-state index contributed by atoms with van der Waals surface area (Å²) in [5.74, 6) is 0. The molecule has 0 aromatic heterocycles. The molecule has 1 aliphatic heterocycles. The zero-order valence-electron chi connectivity index (χ0n) is 11.6. The van der Waals surface area contributed by atoms with Gasteiger partial charge in [0.05, 0.1) is 0 Å². The average Bonchev–Trinajstić information content (AvgIpc) is 2.37. The van der Waals surface area contributed by atoms with Crippen LogP contribution in [-0.2, 0) is 0 Å². The third kappa shape index (κ3) is 3.33. The number of piperazine rings is 1. The molecule has 2 amide bonds. The van der Waals surface area contributed by atoms with Crippen molar-refractivity contribution in [2.24, 2.45) is 5.73 Å². The molecule has 0 spiro atoms. The Kier molecular flexibility index (Phi) is 4.77. The van der Waals surface area contributed by atoms with Gasteiger partial charge in [-0.3, -0.25) is 4.90 Å².